The maximum Gasteiger partial charge on any atom is 0.124 e. The summed E-state index contributed by atoms with van der Waals surface area (Å²) >= 11 is 0. The lowest BCUT2D eigenvalue weighted by atomic mass is 10.2. The van der Waals surface area contributed by atoms with Gasteiger partial charge in [-0.2, -0.15) is 5.10 Å². The van der Waals surface area contributed by atoms with E-state index in [2.05, 4.69) is 38.1 Å². The molecule has 3 heterocycles. The Balaban J connectivity index is 1.49. The molecule has 4 rings (SSSR count). The van der Waals surface area contributed by atoms with E-state index in [-0.39, 0.29) is 6.04 Å². The smallest absolute Gasteiger partial charge is 0.124 e. The van der Waals surface area contributed by atoms with Crippen molar-refractivity contribution in [2.75, 3.05) is 0 Å². The summed E-state index contributed by atoms with van der Waals surface area (Å²) in [6.07, 6.45) is 4.36. The summed E-state index contributed by atoms with van der Waals surface area (Å²) in [6.45, 7) is 4.05. The third-order valence-corrected chi connectivity index (χ3v) is 4.24. The van der Waals surface area contributed by atoms with E-state index in [1.165, 1.54) is 17.7 Å². The summed E-state index contributed by atoms with van der Waals surface area (Å²) in [5.41, 5.74) is 4.81. The normalized spacial score (nSPS) is 15.5. The molecule has 3 aromatic rings. The van der Waals surface area contributed by atoms with Gasteiger partial charge >= 0.3 is 0 Å². The third kappa shape index (κ3) is 2.23. The van der Waals surface area contributed by atoms with Crippen LogP contribution in [-0.2, 0) is 19.5 Å². The minimum Gasteiger partial charge on any atom is -0.341 e. The van der Waals surface area contributed by atoms with Crippen molar-refractivity contribution < 1.29 is 0 Å². The first-order valence-electron chi connectivity index (χ1n) is 7.53. The number of nitrogens with zero attached hydrogens (tertiary/aromatic N) is 3. The van der Waals surface area contributed by atoms with Crippen molar-refractivity contribution in [2.24, 2.45) is 0 Å². The molecule has 5 heteroatoms. The van der Waals surface area contributed by atoms with Gasteiger partial charge in [0.05, 0.1) is 23.3 Å². The van der Waals surface area contributed by atoms with E-state index in [0.29, 0.717) is 0 Å². The SMILES string of the molecule is C[C@H](NCc1cnn2c1CCC2)c1nc2ccccc2[nH]1. The molecular formula is C16H19N5. The lowest BCUT2D eigenvalue weighted by molar-refractivity contribution is 0.550. The van der Waals surface area contributed by atoms with Crippen molar-refractivity contribution in [3.63, 3.8) is 0 Å². The molecule has 0 amide bonds. The van der Waals surface area contributed by atoms with Crippen molar-refractivity contribution in [2.45, 2.75) is 38.9 Å². The molecule has 5 nitrogen and oxygen atoms in total. The van der Waals surface area contributed by atoms with Crippen LogP contribution in [0.2, 0.25) is 0 Å². The van der Waals surface area contributed by atoms with E-state index in [4.69, 9.17) is 0 Å². The lowest BCUT2D eigenvalue weighted by Gasteiger charge is -2.11. The fraction of sp³-hybridized carbons (Fsp3) is 0.375. The summed E-state index contributed by atoms with van der Waals surface area (Å²) in [6, 6.07) is 8.32. The minimum atomic E-state index is 0.189. The van der Waals surface area contributed by atoms with E-state index in [9.17, 15) is 0 Å². The first-order valence-corrected chi connectivity index (χ1v) is 7.53. The Morgan fingerprint density at radius 3 is 3.19 bits per heavy atom. The van der Waals surface area contributed by atoms with Gasteiger partial charge in [-0.1, -0.05) is 12.1 Å². The summed E-state index contributed by atoms with van der Waals surface area (Å²) in [5, 5.41) is 7.98. The number of hydrogen-bond donors (Lipinski definition) is 2. The number of H-pyrrole nitrogens is 1. The summed E-state index contributed by atoms with van der Waals surface area (Å²) < 4.78 is 2.13. The second-order valence-electron chi connectivity index (χ2n) is 5.68. The monoisotopic (exact) mass is 281 g/mol. The number of aromatic nitrogens is 4. The molecule has 2 N–H and O–H groups in total. The third-order valence-electron chi connectivity index (χ3n) is 4.24. The molecule has 1 atom stereocenters. The van der Waals surface area contributed by atoms with Crippen LogP contribution in [0.1, 0.15) is 36.5 Å². The standard InChI is InChI=1S/C16H19N5/c1-11(16-19-13-5-2-3-6-14(13)20-16)17-9-12-10-18-21-8-4-7-15(12)21/h2-3,5-6,10-11,17H,4,7-9H2,1H3,(H,19,20)/t11-/m0/s1. The van der Waals surface area contributed by atoms with Gasteiger partial charge in [-0.15, -0.1) is 0 Å². The summed E-state index contributed by atoms with van der Waals surface area (Å²) in [5.74, 6) is 0.986. The van der Waals surface area contributed by atoms with Gasteiger partial charge in [0, 0.05) is 24.3 Å². The lowest BCUT2D eigenvalue weighted by Crippen LogP contribution is -2.19. The van der Waals surface area contributed by atoms with Gasteiger partial charge in [0.2, 0.25) is 0 Å². The number of rotatable bonds is 4. The molecule has 0 radical (unpaired) electrons. The molecule has 21 heavy (non-hydrogen) atoms. The molecule has 1 aliphatic heterocycles. The van der Waals surface area contributed by atoms with Gasteiger partial charge < -0.3 is 10.3 Å². The Morgan fingerprint density at radius 2 is 2.29 bits per heavy atom. The molecule has 0 saturated heterocycles. The fourth-order valence-electron chi connectivity index (χ4n) is 3.01. The van der Waals surface area contributed by atoms with Crippen molar-refractivity contribution in [1.29, 1.82) is 0 Å². The van der Waals surface area contributed by atoms with Gasteiger partial charge in [-0.3, -0.25) is 4.68 Å². The first kappa shape index (κ1) is 12.6. The zero-order valence-corrected chi connectivity index (χ0v) is 12.1. The largest absolute Gasteiger partial charge is 0.341 e. The molecule has 1 aliphatic rings. The van der Waals surface area contributed by atoms with Gasteiger partial charge in [0.25, 0.3) is 0 Å². The van der Waals surface area contributed by atoms with E-state index in [1.54, 1.807) is 0 Å². The molecule has 0 fully saturated rings. The van der Waals surface area contributed by atoms with Crippen molar-refractivity contribution in [3.05, 3.63) is 47.5 Å². The molecule has 1 aromatic carbocycles. The Morgan fingerprint density at radius 1 is 1.38 bits per heavy atom. The molecule has 108 valence electrons. The topological polar surface area (TPSA) is 58.5 Å². The predicted molar refractivity (Wildman–Crippen MR) is 81.9 cm³/mol. The molecule has 0 unspecified atom stereocenters. The average molecular weight is 281 g/mol. The Bertz CT molecular complexity index is 737. The van der Waals surface area contributed by atoms with Gasteiger partial charge in [0.15, 0.2) is 0 Å². The average Bonchev–Trinajstić information content (AvgIpc) is 3.19. The number of benzene rings is 1. The second kappa shape index (κ2) is 5.00. The Hall–Kier alpha value is -2.14. The summed E-state index contributed by atoms with van der Waals surface area (Å²) in [4.78, 5) is 8.03. The molecule has 0 aliphatic carbocycles. The van der Waals surface area contributed by atoms with Crippen LogP contribution in [0.3, 0.4) is 0 Å². The zero-order chi connectivity index (χ0) is 14.2. The molecular weight excluding hydrogens is 262 g/mol. The van der Waals surface area contributed by atoms with Crippen LogP contribution in [0.4, 0.5) is 0 Å². The highest BCUT2D eigenvalue weighted by Crippen LogP contribution is 2.20. The number of aromatic amines is 1. The first-order chi connectivity index (χ1) is 10.3. The van der Waals surface area contributed by atoms with E-state index in [1.807, 2.05) is 24.4 Å². The zero-order valence-electron chi connectivity index (χ0n) is 12.1. The van der Waals surface area contributed by atoms with Crippen molar-refractivity contribution >= 4 is 11.0 Å². The van der Waals surface area contributed by atoms with Gasteiger partial charge in [-0.05, 0) is 31.9 Å². The van der Waals surface area contributed by atoms with Crippen LogP contribution in [0.25, 0.3) is 11.0 Å². The number of aryl methyl sites for hydroxylation is 1. The predicted octanol–water partition coefficient (Wildman–Crippen LogP) is 2.56. The number of hydrogen-bond acceptors (Lipinski definition) is 3. The maximum absolute atomic E-state index is 4.65. The number of para-hydroxylation sites is 2. The van der Waals surface area contributed by atoms with Crippen LogP contribution in [0, 0.1) is 0 Å². The van der Waals surface area contributed by atoms with E-state index in [0.717, 1.165) is 36.4 Å². The number of fused-ring (bicyclic) bond motifs is 2. The Kier molecular flexibility index (Phi) is 3.00. The van der Waals surface area contributed by atoms with E-state index < -0.39 is 0 Å². The van der Waals surface area contributed by atoms with Gasteiger partial charge in [-0.25, -0.2) is 4.98 Å². The quantitative estimate of drug-likeness (QED) is 0.772. The highest BCUT2D eigenvalue weighted by atomic mass is 15.3. The highest BCUT2D eigenvalue weighted by molar-refractivity contribution is 5.74. The van der Waals surface area contributed by atoms with Crippen LogP contribution in [0.5, 0.6) is 0 Å². The van der Waals surface area contributed by atoms with Crippen LogP contribution in [0.15, 0.2) is 30.5 Å². The van der Waals surface area contributed by atoms with Crippen molar-refractivity contribution in [3.8, 4) is 0 Å². The highest BCUT2D eigenvalue weighted by Gasteiger charge is 2.17. The molecule has 0 spiro atoms. The van der Waals surface area contributed by atoms with Crippen LogP contribution >= 0.6 is 0 Å². The number of nitrogens with one attached hydrogen (secondary N) is 2. The fourth-order valence-corrected chi connectivity index (χ4v) is 3.01. The van der Waals surface area contributed by atoms with E-state index >= 15 is 0 Å². The van der Waals surface area contributed by atoms with Crippen LogP contribution < -0.4 is 5.32 Å². The Labute approximate surface area is 123 Å². The molecule has 0 saturated carbocycles. The molecule has 0 bridgehead atoms. The summed E-state index contributed by atoms with van der Waals surface area (Å²) in [7, 11) is 0. The van der Waals surface area contributed by atoms with Crippen LogP contribution in [-0.4, -0.2) is 19.7 Å². The second-order valence-corrected chi connectivity index (χ2v) is 5.68. The molecule has 2 aromatic heterocycles. The minimum absolute atomic E-state index is 0.189. The number of imidazole rings is 1. The van der Waals surface area contributed by atoms with Gasteiger partial charge in [0.1, 0.15) is 5.82 Å². The maximum atomic E-state index is 4.65. The van der Waals surface area contributed by atoms with Crippen molar-refractivity contribution in [1.82, 2.24) is 25.1 Å².